The minimum Gasteiger partial charge on any atom is -0.497 e. The minimum absolute atomic E-state index is 0.00684. The van der Waals surface area contributed by atoms with Crippen LogP contribution in [0.1, 0.15) is 5.56 Å². The van der Waals surface area contributed by atoms with Crippen LogP contribution in [0.3, 0.4) is 0 Å². The molecule has 0 radical (unpaired) electrons. The third-order valence-corrected chi connectivity index (χ3v) is 5.96. The van der Waals surface area contributed by atoms with E-state index in [0.29, 0.717) is 11.5 Å². The number of rotatable bonds is 9. The minimum atomic E-state index is -3.92. The number of carboxylic acids is 1. The molecule has 0 aliphatic rings. The monoisotopic (exact) mass is 381 g/mol. The van der Waals surface area contributed by atoms with Gasteiger partial charge in [0, 0.05) is 11.5 Å². The Hall–Kier alpha value is -2.03. The molecule has 2 N–H and O–H groups in total. The molecule has 0 saturated heterocycles. The van der Waals surface area contributed by atoms with E-state index in [2.05, 4.69) is 4.72 Å². The van der Waals surface area contributed by atoms with Crippen LogP contribution >= 0.6 is 11.8 Å². The molecule has 2 aromatic rings. The second-order valence-corrected chi connectivity index (χ2v) is 7.93. The van der Waals surface area contributed by atoms with Gasteiger partial charge < -0.3 is 9.84 Å². The number of aliphatic carboxylic acids is 1. The summed E-state index contributed by atoms with van der Waals surface area (Å²) in [5.41, 5.74) is 1.05. The van der Waals surface area contributed by atoms with Gasteiger partial charge in [0.2, 0.25) is 10.0 Å². The van der Waals surface area contributed by atoms with E-state index in [1.165, 1.54) is 43.1 Å². The summed E-state index contributed by atoms with van der Waals surface area (Å²) in [6, 6.07) is 14.1. The number of carbonyl (C=O) groups is 1. The molecule has 0 fully saturated rings. The molecular weight excluding hydrogens is 362 g/mol. The van der Waals surface area contributed by atoms with Crippen LogP contribution in [0.5, 0.6) is 5.75 Å². The Bertz CT molecular complexity index is 792. The van der Waals surface area contributed by atoms with Gasteiger partial charge in [0.1, 0.15) is 11.8 Å². The molecule has 0 spiro atoms. The van der Waals surface area contributed by atoms with Crippen LogP contribution in [-0.2, 0) is 20.6 Å². The van der Waals surface area contributed by atoms with Gasteiger partial charge in [-0.15, -0.1) is 0 Å². The lowest BCUT2D eigenvalue weighted by atomic mass is 10.2. The van der Waals surface area contributed by atoms with Gasteiger partial charge >= 0.3 is 5.97 Å². The van der Waals surface area contributed by atoms with Crippen LogP contribution < -0.4 is 9.46 Å². The summed E-state index contributed by atoms with van der Waals surface area (Å²) in [5.74, 6) is 0.0407. The molecule has 0 bridgehead atoms. The maximum atomic E-state index is 12.4. The number of methoxy groups -OCH3 is 1. The Morgan fingerprint density at radius 3 is 2.36 bits per heavy atom. The fourth-order valence-electron chi connectivity index (χ4n) is 2.03. The van der Waals surface area contributed by atoms with E-state index < -0.39 is 22.0 Å². The summed E-state index contributed by atoms with van der Waals surface area (Å²) in [5, 5.41) is 9.30. The zero-order valence-electron chi connectivity index (χ0n) is 13.6. The van der Waals surface area contributed by atoms with Gasteiger partial charge in [-0.1, -0.05) is 30.3 Å². The van der Waals surface area contributed by atoms with E-state index in [-0.39, 0.29) is 10.6 Å². The van der Waals surface area contributed by atoms with E-state index in [0.717, 1.165) is 5.56 Å². The number of carboxylic acid groups (broad SMARTS) is 1. The average Bonchev–Trinajstić information content (AvgIpc) is 2.61. The smallest absolute Gasteiger partial charge is 0.322 e. The van der Waals surface area contributed by atoms with E-state index in [1.807, 2.05) is 30.3 Å². The number of benzene rings is 2. The SMILES string of the molecule is COc1ccc(S(=O)(=O)N[C@H](CSCc2ccccc2)C(=O)O)cc1. The highest BCUT2D eigenvalue weighted by atomic mass is 32.2. The van der Waals surface area contributed by atoms with E-state index >= 15 is 0 Å². The summed E-state index contributed by atoms with van der Waals surface area (Å²) in [6.07, 6.45) is 0. The molecular formula is C17H19NO5S2. The largest absolute Gasteiger partial charge is 0.497 e. The molecule has 0 unspecified atom stereocenters. The Balaban J connectivity index is 2.00. The molecule has 1 atom stereocenters. The maximum Gasteiger partial charge on any atom is 0.322 e. The van der Waals surface area contributed by atoms with Gasteiger partial charge in [0.15, 0.2) is 0 Å². The van der Waals surface area contributed by atoms with E-state index in [1.54, 1.807) is 0 Å². The topological polar surface area (TPSA) is 92.7 Å². The highest BCUT2D eigenvalue weighted by Gasteiger charge is 2.25. The number of hydrogen-bond donors (Lipinski definition) is 2. The van der Waals surface area contributed by atoms with Crippen molar-refractivity contribution in [2.75, 3.05) is 12.9 Å². The number of nitrogens with one attached hydrogen (secondary N) is 1. The quantitative estimate of drug-likeness (QED) is 0.693. The van der Waals surface area contributed by atoms with Crippen molar-refractivity contribution in [3.63, 3.8) is 0 Å². The van der Waals surface area contributed by atoms with Gasteiger partial charge in [0.25, 0.3) is 0 Å². The first-order valence-corrected chi connectivity index (χ1v) is 10.1. The van der Waals surface area contributed by atoms with Crippen LogP contribution in [0, 0.1) is 0 Å². The second-order valence-electron chi connectivity index (χ2n) is 5.19. The second kappa shape index (κ2) is 8.89. The lowest BCUT2D eigenvalue weighted by Gasteiger charge is -2.15. The predicted octanol–water partition coefficient (Wildman–Crippen LogP) is 2.36. The summed E-state index contributed by atoms with van der Waals surface area (Å²) in [4.78, 5) is 11.4. The normalized spacial score (nSPS) is 12.5. The van der Waals surface area contributed by atoms with Gasteiger partial charge in [0.05, 0.1) is 12.0 Å². The first kappa shape index (κ1) is 19.3. The van der Waals surface area contributed by atoms with Crippen molar-refractivity contribution >= 4 is 27.8 Å². The first-order valence-electron chi connectivity index (χ1n) is 7.43. The van der Waals surface area contributed by atoms with E-state index in [9.17, 15) is 18.3 Å². The lowest BCUT2D eigenvalue weighted by Crippen LogP contribution is -2.42. The Morgan fingerprint density at radius 1 is 1.16 bits per heavy atom. The summed E-state index contributed by atoms with van der Waals surface area (Å²) >= 11 is 1.36. The molecule has 134 valence electrons. The van der Waals surface area contributed by atoms with Gasteiger partial charge in [-0.05, 0) is 29.8 Å². The van der Waals surface area contributed by atoms with Gasteiger partial charge in [-0.3, -0.25) is 4.79 Å². The van der Waals surface area contributed by atoms with Crippen LogP contribution in [0.25, 0.3) is 0 Å². The highest BCUT2D eigenvalue weighted by molar-refractivity contribution is 7.98. The van der Waals surface area contributed by atoms with E-state index in [4.69, 9.17) is 4.74 Å². The van der Waals surface area contributed by atoms with Crippen LogP contribution in [-0.4, -0.2) is 38.4 Å². The molecule has 25 heavy (non-hydrogen) atoms. The standard InChI is InChI=1S/C17H19NO5S2/c1-23-14-7-9-15(10-8-14)25(21,22)18-16(17(19)20)12-24-11-13-5-3-2-4-6-13/h2-10,16,18H,11-12H2,1H3,(H,19,20)/t16-/m1/s1. The molecule has 6 nitrogen and oxygen atoms in total. The Kier molecular flexibility index (Phi) is 6.86. The van der Waals surface area contributed by atoms with Crippen LogP contribution in [0.2, 0.25) is 0 Å². The van der Waals surface area contributed by atoms with Crippen molar-refractivity contribution in [3.8, 4) is 5.75 Å². The third-order valence-electron chi connectivity index (χ3n) is 3.36. The zero-order chi connectivity index (χ0) is 18.3. The fraction of sp³-hybridized carbons (Fsp3) is 0.235. The van der Waals surface area contributed by atoms with Crippen molar-refractivity contribution in [2.45, 2.75) is 16.7 Å². The maximum absolute atomic E-state index is 12.4. The van der Waals surface area contributed by atoms with Gasteiger partial charge in [-0.2, -0.15) is 16.5 Å². The highest BCUT2D eigenvalue weighted by Crippen LogP contribution is 2.17. The number of thioether (sulfide) groups is 1. The predicted molar refractivity (Wildman–Crippen MR) is 97.3 cm³/mol. The molecule has 0 saturated carbocycles. The molecule has 8 heteroatoms. The third kappa shape index (κ3) is 5.77. The molecule has 0 amide bonds. The lowest BCUT2D eigenvalue weighted by molar-refractivity contribution is -0.138. The van der Waals surface area contributed by atoms with Crippen molar-refractivity contribution in [2.24, 2.45) is 0 Å². The molecule has 0 heterocycles. The average molecular weight is 381 g/mol. The van der Waals surface area contributed by atoms with Crippen molar-refractivity contribution < 1.29 is 23.1 Å². The van der Waals surface area contributed by atoms with Crippen molar-refractivity contribution in [3.05, 3.63) is 60.2 Å². The molecule has 2 aromatic carbocycles. The zero-order valence-corrected chi connectivity index (χ0v) is 15.2. The molecule has 0 aromatic heterocycles. The van der Waals surface area contributed by atoms with Gasteiger partial charge in [-0.25, -0.2) is 8.42 Å². The van der Waals surface area contributed by atoms with Crippen molar-refractivity contribution in [1.29, 1.82) is 0 Å². The Labute approximate surface area is 151 Å². The van der Waals surface area contributed by atoms with Crippen LogP contribution in [0.15, 0.2) is 59.5 Å². The number of ether oxygens (including phenoxy) is 1. The molecule has 0 aliphatic heterocycles. The first-order chi connectivity index (χ1) is 11.9. The molecule has 0 aliphatic carbocycles. The number of sulfonamides is 1. The summed E-state index contributed by atoms with van der Waals surface area (Å²) < 4.78 is 31.9. The number of hydrogen-bond acceptors (Lipinski definition) is 5. The van der Waals surface area contributed by atoms with Crippen LogP contribution in [0.4, 0.5) is 0 Å². The fourth-order valence-corrected chi connectivity index (χ4v) is 4.34. The Morgan fingerprint density at radius 2 is 1.80 bits per heavy atom. The van der Waals surface area contributed by atoms with Crippen molar-refractivity contribution in [1.82, 2.24) is 4.72 Å². The summed E-state index contributed by atoms with van der Waals surface area (Å²) in [7, 11) is -2.45. The molecule has 2 rings (SSSR count). The summed E-state index contributed by atoms with van der Waals surface area (Å²) in [6.45, 7) is 0.